The Morgan fingerprint density at radius 2 is 1.92 bits per heavy atom. The molecule has 2 aromatic rings. The molecule has 0 atom stereocenters. The maximum Gasteiger partial charge on any atom is 0.255 e. The number of rotatable bonds is 0. The Morgan fingerprint density at radius 3 is 2.69 bits per heavy atom. The van der Waals surface area contributed by atoms with Crippen LogP contribution in [0.1, 0.15) is 0 Å². The van der Waals surface area contributed by atoms with Crippen LogP contribution >= 0.6 is 31.9 Å². The van der Waals surface area contributed by atoms with Gasteiger partial charge in [-0.05, 0) is 18.2 Å². The Hall–Kier alpha value is -0.610. The van der Waals surface area contributed by atoms with Crippen molar-refractivity contribution in [3.05, 3.63) is 43.7 Å². The molecular formula is C9H5Br2NO. The van der Waals surface area contributed by atoms with Gasteiger partial charge < -0.3 is 4.98 Å². The SMILES string of the molecule is O=c1[nH]ccc2c(Br)cc(Br)cc12. The number of hydrogen-bond donors (Lipinski definition) is 1. The van der Waals surface area contributed by atoms with Gasteiger partial charge in [-0.2, -0.15) is 0 Å². The minimum Gasteiger partial charge on any atom is -0.329 e. The van der Waals surface area contributed by atoms with E-state index in [1.54, 1.807) is 12.3 Å². The molecule has 0 fully saturated rings. The molecule has 2 rings (SSSR count). The van der Waals surface area contributed by atoms with Crippen LogP contribution in [0.25, 0.3) is 10.8 Å². The topological polar surface area (TPSA) is 32.9 Å². The van der Waals surface area contributed by atoms with Gasteiger partial charge in [-0.3, -0.25) is 4.79 Å². The summed E-state index contributed by atoms with van der Waals surface area (Å²) in [7, 11) is 0. The van der Waals surface area contributed by atoms with E-state index in [1.165, 1.54) is 0 Å². The Bertz CT molecular complexity index is 518. The summed E-state index contributed by atoms with van der Waals surface area (Å²) in [5.41, 5.74) is -0.0699. The fourth-order valence-electron chi connectivity index (χ4n) is 1.22. The lowest BCUT2D eigenvalue weighted by Gasteiger charge is -1.99. The molecule has 0 aliphatic carbocycles. The molecule has 0 amide bonds. The van der Waals surface area contributed by atoms with E-state index in [0.29, 0.717) is 5.39 Å². The summed E-state index contributed by atoms with van der Waals surface area (Å²) < 4.78 is 1.81. The summed E-state index contributed by atoms with van der Waals surface area (Å²) in [6, 6.07) is 5.59. The van der Waals surface area contributed by atoms with E-state index < -0.39 is 0 Å². The van der Waals surface area contributed by atoms with E-state index in [1.807, 2.05) is 12.1 Å². The van der Waals surface area contributed by atoms with Crippen LogP contribution in [0, 0.1) is 0 Å². The fraction of sp³-hybridized carbons (Fsp3) is 0. The van der Waals surface area contributed by atoms with Crippen molar-refractivity contribution in [1.29, 1.82) is 0 Å². The van der Waals surface area contributed by atoms with Crippen LogP contribution in [0.15, 0.2) is 38.1 Å². The van der Waals surface area contributed by atoms with Gasteiger partial charge in [0.15, 0.2) is 0 Å². The van der Waals surface area contributed by atoms with Gasteiger partial charge in [0.2, 0.25) is 0 Å². The normalized spacial score (nSPS) is 10.6. The van der Waals surface area contributed by atoms with E-state index >= 15 is 0 Å². The standard InChI is InChI=1S/C9H5Br2NO/c10-5-3-7-6(8(11)4-5)1-2-12-9(7)13/h1-4H,(H,12,13). The zero-order valence-corrected chi connectivity index (χ0v) is 9.65. The van der Waals surface area contributed by atoms with Crippen LogP contribution in [-0.2, 0) is 0 Å². The minimum absolute atomic E-state index is 0.0699. The molecule has 66 valence electrons. The van der Waals surface area contributed by atoms with Crippen molar-refractivity contribution in [3.8, 4) is 0 Å². The highest BCUT2D eigenvalue weighted by Gasteiger charge is 2.02. The zero-order valence-electron chi connectivity index (χ0n) is 6.47. The van der Waals surface area contributed by atoms with Gasteiger partial charge in [0.25, 0.3) is 5.56 Å². The molecule has 0 aliphatic rings. The molecule has 0 saturated heterocycles. The maximum absolute atomic E-state index is 11.4. The molecule has 13 heavy (non-hydrogen) atoms. The van der Waals surface area contributed by atoms with Crippen LogP contribution in [0.4, 0.5) is 0 Å². The van der Waals surface area contributed by atoms with Gasteiger partial charge in [0.1, 0.15) is 0 Å². The second-order valence-corrected chi connectivity index (χ2v) is 4.43. The van der Waals surface area contributed by atoms with Crippen molar-refractivity contribution in [2.75, 3.05) is 0 Å². The first kappa shape index (κ1) is 8.97. The minimum atomic E-state index is -0.0699. The third-order valence-corrected chi connectivity index (χ3v) is 2.92. The van der Waals surface area contributed by atoms with E-state index in [4.69, 9.17) is 0 Å². The molecule has 1 N–H and O–H groups in total. The van der Waals surface area contributed by atoms with Crippen LogP contribution < -0.4 is 5.56 Å². The first-order chi connectivity index (χ1) is 6.18. The van der Waals surface area contributed by atoms with Crippen LogP contribution in [0.5, 0.6) is 0 Å². The van der Waals surface area contributed by atoms with Crippen LogP contribution in [-0.4, -0.2) is 4.98 Å². The van der Waals surface area contributed by atoms with Gasteiger partial charge in [0.05, 0.1) is 0 Å². The number of nitrogens with one attached hydrogen (secondary N) is 1. The smallest absolute Gasteiger partial charge is 0.255 e. The number of benzene rings is 1. The lowest BCUT2D eigenvalue weighted by molar-refractivity contribution is 1.27. The third-order valence-electron chi connectivity index (χ3n) is 1.80. The predicted molar refractivity (Wildman–Crippen MR) is 60.0 cm³/mol. The fourth-order valence-corrected chi connectivity index (χ4v) is 2.58. The molecule has 1 aromatic carbocycles. The molecular weight excluding hydrogens is 298 g/mol. The average molecular weight is 303 g/mol. The summed E-state index contributed by atoms with van der Waals surface area (Å²) in [4.78, 5) is 14.0. The lowest BCUT2D eigenvalue weighted by Crippen LogP contribution is -2.04. The summed E-state index contributed by atoms with van der Waals surface area (Å²) in [5, 5.41) is 1.61. The molecule has 2 nitrogen and oxygen atoms in total. The molecule has 1 heterocycles. The number of hydrogen-bond acceptors (Lipinski definition) is 1. The quantitative estimate of drug-likeness (QED) is 0.797. The molecule has 4 heteroatoms. The second-order valence-electron chi connectivity index (χ2n) is 2.66. The van der Waals surface area contributed by atoms with Gasteiger partial charge in [-0.1, -0.05) is 31.9 Å². The van der Waals surface area contributed by atoms with Gasteiger partial charge in [-0.15, -0.1) is 0 Å². The molecule has 0 radical (unpaired) electrons. The average Bonchev–Trinajstić information content (AvgIpc) is 2.07. The van der Waals surface area contributed by atoms with Gasteiger partial charge >= 0.3 is 0 Å². The largest absolute Gasteiger partial charge is 0.329 e. The summed E-state index contributed by atoms with van der Waals surface area (Å²) in [6.07, 6.45) is 1.64. The maximum atomic E-state index is 11.4. The highest BCUT2D eigenvalue weighted by molar-refractivity contribution is 9.11. The third kappa shape index (κ3) is 1.56. The number of fused-ring (bicyclic) bond motifs is 1. The van der Waals surface area contributed by atoms with Crippen molar-refractivity contribution < 1.29 is 0 Å². The highest BCUT2D eigenvalue weighted by Crippen LogP contribution is 2.25. The zero-order chi connectivity index (χ0) is 9.42. The highest BCUT2D eigenvalue weighted by atomic mass is 79.9. The van der Waals surface area contributed by atoms with Crippen molar-refractivity contribution in [2.45, 2.75) is 0 Å². The Labute approximate surface area is 91.2 Å². The van der Waals surface area contributed by atoms with Crippen molar-refractivity contribution in [2.24, 2.45) is 0 Å². The van der Waals surface area contributed by atoms with Crippen molar-refractivity contribution >= 4 is 42.6 Å². The van der Waals surface area contributed by atoms with Crippen molar-refractivity contribution in [3.63, 3.8) is 0 Å². The number of H-pyrrole nitrogens is 1. The summed E-state index contributed by atoms with van der Waals surface area (Å²) in [6.45, 7) is 0. The molecule has 1 aromatic heterocycles. The van der Waals surface area contributed by atoms with Crippen LogP contribution in [0.2, 0.25) is 0 Å². The van der Waals surface area contributed by atoms with E-state index in [2.05, 4.69) is 36.8 Å². The number of aromatic amines is 1. The first-order valence-corrected chi connectivity index (χ1v) is 5.23. The summed E-state index contributed by atoms with van der Waals surface area (Å²) >= 11 is 6.73. The predicted octanol–water partition coefficient (Wildman–Crippen LogP) is 3.05. The number of pyridine rings is 1. The van der Waals surface area contributed by atoms with E-state index in [-0.39, 0.29) is 5.56 Å². The monoisotopic (exact) mass is 301 g/mol. The van der Waals surface area contributed by atoms with E-state index in [9.17, 15) is 4.79 Å². The van der Waals surface area contributed by atoms with E-state index in [0.717, 1.165) is 14.3 Å². The first-order valence-electron chi connectivity index (χ1n) is 3.65. The molecule has 0 spiro atoms. The van der Waals surface area contributed by atoms with Gasteiger partial charge in [0, 0.05) is 25.9 Å². The number of halogens is 2. The van der Waals surface area contributed by atoms with Crippen molar-refractivity contribution in [1.82, 2.24) is 4.98 Å². The molecule has 0 unspecified atom stereocenters. The van der Waals surface area contributed by atoms with Crippen LogP contribution in [0.3, 0.4) is 0 Å². The Balaban J connectivity index is 3.03. The van der Waals surface area contributed by atoms with Gasteiger partial charge in [-0.25, -0.2) is 0 Å². The lowest BCUT2D eigenvalue weighted by atomic mass is 10.2. The molecule has 0 saturated carbocycles. The number of aromatic nitrogens is 1. The Morgan fingerprint density at radius 1 is 1.15 bits per heavy atom. The molecule has 0 bridgehead atoms. The Kier molecular flexibility index (Phi) is 2.26. The molecule has 0 aliphatic heterocycles. The summed E-state index contributed by atoms with van der Waals surface area (Å²) in [5.74, 6) is 0. The second kappa shape index (κ2) is 3.27.